The molecule has 6 heteroatoms. The van der Waals surface area contributed by atoms with Crippen LogP contribution in [0.15, 0.2) is 42.5 Å². The van der Waals surface area contributed by atoms with Gasteiger partial charge in [-0.3, -0.25) is 4.79 Å². The number of hydrogen-bond donors (Lipinski definition) is 1. The SMILES string of the molecule is COc1ccc(-n2nnc(C(=O)NC(C)c3c(C)cccc3C)c2C)cc1. The molecule has 1 N–H and O–H groups in total. The van der Waals surface area contributed by atoms with E-state index in [-0.39, 0.29) is 11.9 Å². The highest BCUT2D eigenvalue weighted by molar-refractivity contribution is 5.93. The number of nitrogens with zero attached hydrogens (tertiary/aromatic N) is 3. The van der Waals surface area contributed by atoms with Gasteiger partial charge in [-0.05, 0) is 68.7 Å². The van der Waals surface area contributed by atoms with E-state index < -0.39 is 0 Å². The first-order valence-electron chi connectivity index (χ1n) is 8.86. The number of aryl methyl sites for hydroxylation is 2. The summed E-state index contributed by atoms with van der Waals surface area (Å²) in [5, 5.41) is 11.3. The summed E-state index contributed by atoms with van der Waals surface area (Å²) in [5.41, 5.74) is 5.27. The molecule has 0 fully saturated rings. The second kappa shape index (κ2) is 7.61. The van der Waals surface area contributed by atoms with Crippen LogP contribution in [0.1, 0.15) is 45.8 Å². The van der Waals surface area contributed by atoms with Gasteiger partial charge in [0.2, 0.25) is 0 Å². The second-order valence-corrected chi connectivity index (χ2v) is 6.63. The summed E-state index contributed by atoms with van der Waals surface area (Å²) in [5.74, 6) is 0.527. The largest absolute Gasteiger partial charge is 0.497 e. The van der Waals surface area contributed by atoms with Gasteiger partial charge in [-0.1, -0.05) is 23.4 Å². The Morgan fingerprint density at radius 2 is 1.70 bits per heavy atom. The summed E-state index contributed by atoms with van der Waals surface area (Å²) in [4.78, 5) is 12.8. The van der Waals surface area contributed by atoms with Crippen LogP contribution < -0.4 is 10.1 Å². The van der Waals surface area contributed by atoms with Crippen LogP contribution in [0.25, 0.3) is 5.69 Å². The average molecular weight is 364 g/mol. The first kappa shape index (κ1) is 18.6. The minimum Gasteiger partial charge on any atom is -0.497 e. The molecule has 0 radical (unpaired) electrons. The third-order valence-electron chi connectivity index (χ3n) is 4.75. The van der Waals surface area contributed by atoms with Crippen LogP contribution >= 0.6 is 0 Å². The first-order chi connectivity index (χ1) is 12.9. The fourth-order valence-corrected chi connectivity index (χ4v) is 3.36. The zero-order valence-electron chi connectivity index (χ0n) is 16.3. The van der Waals surface area contributed by atoms with Crippen molar-refractivity contribution < 1.29 is 9.53 Å². The summed E-state index contributed by atoms with van der Waals surface area (Å²) < 4.78 is 6.83. The highest BCUT2D eigenvalue weighted by atomic mass is 16.5. The quantitative estimate of drug-likeness (QED) is 0.750. The maximum absolute atomic E-state index is 12.8. The van der Waals surface area contributed by atoms with Crippen LogP contribution in [0.2, 0.25) is 0 Å². The fraction of sp³-hybridized carbons (Fsp3) is 0.286. The molecule has 1 aromatic heterocycles. The van der Waals surface area contributed by atoms with E-state index in [9.17, 15) is 4.79 Å². The van der Waals surface area contributed by atoms with Gasteiger partial charge in [0.15, 0.2) is 5.69 Å². The molecule has 2 aromatic carbocycles. The van der Waals surface area contributed by atoms with Crippen molar-refractivity contribution in [1.82, 2.24) is 20.3 Å². The lowest BCUT2D eigenvalue weighted by atomic mass is 9.97. The maximum Gasteiger partial charge on any atom is 0.274 e. The van der Waals surface area contributed by atoms with Crippen molar-refractivity contribution in [2.24, 2.45) is 0 Å². The van der Waals surface area contributed by atoms with Gasteiger partial charge in [0.25, 0.3) is 5.91 Å². The van der Waals surface area contributed by atoms with Gasteiger partial charge in [0.05, 0.1) is 24.5 Å². The molecule has 0 aliphatic rings. The number of aromatic nitrogens is 3. The van der Waals surface area contributed by atoms with Crippen molar-refractivity contribution >= 4 is 5.91 Å². The lowest BCUT2D eigenvalue weighted by Gasteiger charge is -2.18. The fourth-order valence-electron chi connectivity index (χ4n) is 3.36. The topological polar surface area (TPSA) is 69.0 Å². The zero-order valence-corrected chi connectivity index (χ0v) is 16.3. The summed E-state index contributed by atoms with van der Waals surface area (Å²) >= 11 is 0. The molecule has 0 bridgehead atoms. The Labute approximate surface area is 159 Å². The minimum atomic E-state index is -0.234. The minimum absolute atomic E-state index is 0.121. The normalized spacial score (nSPS) is 11.9. The van der Waals surface area contributed by atoms with Crippen molar-refractivity contribution in [3.05, 3.63) is 70.5 Å². The Kier molecular flexibility index (Phi) is 5.26. The number of hydrogen-bond acceptors (Lipinski definition) is 4. The molecule has 27 heavy (non-hydrogen) atoms. The van der Waals surface area contributed by atoms with E-state index in [4.69, 9.17) is 4.74 Å². The predicted octanol–water partition coefficient (Wildman–Crippen LogP) is 3.69. The van der Waals surface area contributed by atoms with E-state index in [0.29, 0.717) is 11.4 Å². The summed E-state index contributed by atoms with van der Waals surface area (Å²) in [6, 6.07) is 13.4. The molecule has 1 unspecified atom stereocenters. The maximum atomic E-state index is 12.8. The molecule has 0 aliphatic carbocycles. The van der Waals surface area contributed by atoms with Gasteiger partial charge in [-0.2, -0.15) is 0 Å². The van der Waals surface area contributed by atoms with Gasteiger partial charge >= 0.3 is 0 Å². The van der Waals surface area contributed by atoms with Crippen LogP contribution in [0.4, 0.5) is 0 Å². The van der Waals surface area contributed by atoms with E-state index in [0.717, 1.165) is 28.1 Å². The van der Waals surface area contributed by atoms with Crippen molar-refractivity contribution in [3.8, 4) is 11.4 Å². The molecule has 1 atom stereocenters. The molecule has 0 saturated heterocycles. The first-order valence-corrected chi connectivity index (χ1v) is 8.86. The smallest absolute Gasteiger partial charge is 0.274 e. The highest BCUT2D eigenvalue weighted by Gasteiger charge is 2.21. The van der Waals surface area contributed by atoms with Crippen molar-refractivity contribution in [3.63, 3.8) is 0 Å². The van der Waals surface area contributed by atoms with Crippen molar-refractivity contribution in [2.45, 2.75) is 33.7 Å². The molecular formula is C21H24N4O2. The van der Waals surface area contributed by atoms with Crippen LogP contribution in [-0.4, -0.2) is 28.0 Å². The average Bonchev–Trinajstić information content (AvgIpc) is 3.03. The van der Waals surface area contributed by atoms with Gasteiger partial charge < -0.3 is 10.1 Å². The van der Waals surface area contributed by atoms with Gasteiger partial charge in [-0.15, -0.1) is 5.10 Å². The lowest BCUT2D eigenvalue weighted by molar-refractivity contribution is 0.0934. The summed E-state index contributed by atoms with van der Waals surface area (Å²) in [7, 11) is 1.62. The van der Waals surface area contributed by atoms with E-state index in [2.05, 4.69) is 41.6 Å². The van der Waals surface area contributed by atoms with Crippen molar-refractivity contribution in [1.29, 1.82) is 0 Å². The lowest BCUT2D eigenvalue weighted by Crippen LogP contribution is -2.28. The number of amides is 1. The molecule has 0 spiro atoms. The number of carbonyl (C=O) groups excluding carboxylic acids is 1. The van der Waals surface area contributed by atoms with Crippen LogP contribution in [-0.2, 0) is 0 Å². The molecule has 3 aromatic rings. The molecule has 3 rings (SSSR count). The molecule has 1 amide bonds. The Balaban J connectivity index is 1.82. The molecule has 0 aliphatic heterocycles. The predicted molar refractivity (Wildman–Crippen MR) is 104 cm³/mol. The molecular weight excluding hydrogens is 340 g/mol. The van der Waals surface area contributed by atoms with E-state index in [1.54, 1.807) is 11.8 Å². The van der Waals surface area contributed by atoms with Crippen molar-refractivity contribution in [2.75, 3.05) is 7.11 Å². The Morgan fingerprint density at radius 3 is 2.30 bits per heavy atom. The number of carbonyl (C=O) groups is 1. The van der Waals surface area contributed by atoms with Gasteiger partial charge in [0, 0.05) is 0 Å². The standard InChI is InChI=1S/C21H24N4O2/c1-13-7-6-8-14(2)19(13)15(3)22-21(26)20-16(4)25(24-23-20)17-9-11-18(27-5)12-10-17/h6-12,15H,1-5H3,(H,22,26). The van der Waals surface area contributed by atoms with Gasteiger partial charge in [0.1, 0.15) is 5.75 Å². The van der Waals surface area contributed by atoms with E-state index >= 15 is 0 Å². The number of ether oxygens (including phenoxy) is 1. The van der Waals surface area contributed by atoms with E-state index in [1.807, 2.05) is 44.2 Å². The van der Waals surface area contributed by atoms with Crippen LogP contribution in [0, 0.1) is 20.8 Å². The molecule has 1 heterocycles. The summed E-state index contributed by atoms with van der Waals surface area (Å²) in [6.45, 7) is 7.92. The van der Waals surface area contributed by atoms with Crippen LogP contribution in [0.3, 0.4) is 0 Å². The zero-order chi connectivity index (χ0) is 19.6. The Morgan fingerprint density at radius 1 is 1.07 bits per heavy atom. The van der Waals surface area contributed by atoms with E-state index in [1.165, 1.54) is 0 Å². The number of nitrogens with one attached hydrogen (secondary N) is 1. The monoisotopic (exact) mass is 364 g/mol. The van der Waals surface area contributed by atoms with Crippen LogP contribution in [0.5, 0.6) is 5.75 Å². The summed E-state index contributed by atoms with van der Waals surface area (Å²) in [6.07, 6.45) is 0. The van der Waals surface area contributed by atoms with Gasteiger partial charge in [-0.25, -0.2) is 4.68 Å². The Hall–Kier alpha value is -3.15. The number of methoxy groups -OCH3 is 1. The molecule has 6 nitrogen and oxygen atoms in total. The third-order valence-corrected chi connectivity index (χ3v) is 4.75. The highest BCUT2D eigenvalue weighted by Crippen LogP contribution is 2.22. The Bertz CT molecular complexity index is 941. The number of rotatable bonds is 5. The number of benzene rings is 2. The molecule has 140 valence electrons. The third kappa shape index (κ3) is 3.69. The second-order valence-electron chi connectivity index (χ2n) is 6.63. The molecule has 0 saturated carbocycles.